The van der Waals surface area contributed by atoms with E-state index in [9.17, 15) is 9.90 Å². The summed E-state index contributed by atoms with van der Waals surface area (Å²) in [7, 11) is 0. The summed E-state index contributed by atoms with van der Waals surface area (Å²) >= 11 is 0. The van der Waals surface area contributed by atoms with Crippen LogP contribution in [0.3, 0.4) is 0 Å². The minimum Gasteiger partial charge on any atom is -0.485 e. The minimum absolute atomic E-state index is 0.0297. The quantitative estimate of drug-likeness (QED) is 0.736. The predicted molar refractivity (Wildman–Crippen MR) is 60.9 cm³/mol. The zero-order valence-corrected chi connectivity index (χ0v) is 9.78. The van der Waals surface area contributed by atoms with Crippen molar-refractivity contribution in [1.29, 1.82) is 0 Å². The van der Waals surface area contributed by atoms with Gasteiger partial charge in [-0.05, 0) is 44.5 Å². The third-order valence-electron chi connectivity index (χ3n) is 3.06. The minimum atomic E-state index is -0.565. The number of ether oxygens (including phenoxy) is 1. The van der Waals surface area contributed by atoms with Crippen LogP contribution in [0.5, 0.6) is 5.75 Å². The number of hydrogen-bond donors (Lipinski definition) is 1. The molecule has 16 heavy (non-hydrogen) atoms. The maximum Gasteiger partial charge on any atom is 0.159 e. The lowest BCUT2D eigenvalue weighted by Gasteiger charge is -2.37. The lowest BCUT2D eigenvalue weighted by atomic mass is 9.90. The molecule has 0 fully saturated rings. The van der Waals surface area contributed by atoms with Gasteiger partial charge in [0.25, 0.3) is 0 Å². The number of benzene rings is 1. The van der Waals surface area contributed by atoms with E-state index in [0.717, 1.165) is 11.3 Å². The van der Waals surface area contributed by atoms with E-state index in [1.165, 1.54) is 6.92 Å². The van der Waals surface area contributed by atoms with Gasteiger partial charge in [0, 0.05) is 12.0 Å². The monoisotopic (exact) mass is 220 g/mol. The third kappa shape index (κ3) is 1.83. The van der Waals surface area contributed by atoms with Crippen molar-refractivity contribution in [3.8, 4) is 5.75 Å². The van der Waals surface area contributed by atoms with Crippen molar-refractivity contribution in [2.24, 2.45) is 0 Å². The predicted octanol–water partition coefficient (Wildman–Crippen LogP) is 1.96. The van der Waals surface area contributed by atoms with Crippen LogP contribution in [-0.2, 0) is 6.42 Å². The molecule has 0 saturated carbocycles. The van der Waals surface area contributed by atoms with Gasteiger partial charge in [0.2, 0.25) is 0 Å². The van der Waals surface area contributed by atoms with Crippen molar-refractivity contribution in [2.45, 2.75) is 38.9 Å². The fourth-order valence-electron chi connectivity index (χ4n) is 1.86. The largest absolute Gasteiger partial charge is 0.485 e. The summed E-state index contributed by atoms with van der Waals surface area (Å²) in [4.78, 5) is 11.2. The maximum atomic E-state index is 11.2. The molecular formula is C13H16O3. The number of fused-ring (bicyclic) bond motifs is 1. The van der Waals surface area contributed by atoms with Crippen molar-refractivity contribution in [2.75, 3.05) is 0 Å². The van der Waals surface area contributed by atoms with Gasteiger partial charge in [-0.25, -0.2) is 0 Å². The fourth-order valence-corrected chi connectivity index (χ4v) is 1.86. The fraction of sp³-hybridized carbons (Fsp3) is 0.462. The van der Waals surface area contributed by atoms with Gasteiger partial charge in [-0.3, -0.25) is 4.79 Å². The maximum absolute atomic E-state index is 11.2. The van der Waals surface area contributed by atoms with Crippen molar-refractivity contribution < 1.29 is 14.6 Å². The number of carbonyl (C=O) groups is 1. The van der Waals surface area contributed by atoms with Gasteiger partial charge in [0.1, 0.15) is 11.4 Å². The summed E-state index contributed by atoms with van der Waals surface area (Å²) in [6.07, 6.45) is -0.00842. The number of ketones is 1. The second-order valence-corrected chi connectivity index (χ2v) is 4.80. The molecular weight excluding hydrogens is 204 g/mol. The van der Waals surface area contributed by atoms with E-state index in [2.05, 4.69) is 0 Å². The van der Waals surface area contributed by atoms with Crippen LogP contribution >= 0.6 is 0 Å². The first kappa shape index (κ1) is 11.1. The van der Waals surface area contributed by atoms with Gasteiger partial charge in [-0.1, -0.05) is 0 Å². The third-order valence-corrected chi connectivity index (χ3v) is 3.06. The molecule has 1 aliphatic heterocycles. The van der Waals surface area contributed by atoms with Crippen molar-refractivity contribution >= 4 is 5.78 Å². The molecule has 1 heterocycles. The average Bonchev–Trinajstić information content (AvgIpc) is 2.18. The summed E-state index contributed by atoms with van der Waals surface area (Å²) in [5.41, 5.74) is 0.999. The highest BCUT2D eigenvalue weighted by Gasteiger charge is 2.35. The van der Waals surface area contributed by atoms with E-state index < -0.39 is 11.7 Å². The summed E-state index contributed by atoms with van der Waals surface area (Å²) in [6, 6.07) is 5.37. The summed E-state index contributed by atoms with van der Waals surface area (Å²) < 4.78 is 5.70. The Hall–Kier alpha value is -1.35. The van der Waals surface area contributed by atoms with Crippen molar-refractivity contribution in [3.05, 3.63) is 29.3 Å². The Kier molecular flexibility index (Phi) is 2.50. The van der Waals surface area contributed by atoms with Gasteiger partial charge in [0.05, 0.1) is 6.10 Å². The number of carbonyl (C=O) groups excluding carboxylic acids is 1. The van der Waals surface area contributed by atoms with E-state index in [0.29, 0.717) is 12.0 Å². The summed E-state index contributed by atoms with van der Waals surface area (Å²) in [6.45, 7) is 5.25. The van der Waals surface area contributed by atoms with Crippen molar-refractivity contribution in [3.63, 3.8) is 0 Å². The van der Waals surface area contributed by atoms with Gasteiger partial charge < -0.3 is 9.84 Å². The lowest BCUT2D eigenvalue weighted by molar-refractivity contribution is -0.0411. The molecule has 1 aromatic rings. The molecule has 0 aromatic heterocycles. The molecule has 2 rings (SSSR count). The molecule has 0 aliphatic carbocycles. The van der Waals surface area contributed by atoms with E-state index in [1.807, 2.05) is 13.8 Å². The molecule has 3 nitrogen and oxygen atoms in total. The number of rotatable bonds is 1. The van der Waals surface area contributed by atoms with Crippen LogP contribution in [0.4, 0.5) is 0 Å². The standard InChI is InChI=1S/C13H16O3/c1-8(14)9-4-5-11-10(6-9)7-12(15)13(2,3)16-11/h4-6,12,15H,7H2,1-3H3. The van der Waals surface area contributed by atoms with Crippen LogP contribution in [0, 0.1) is 0 Å². The Balaban J connectivity index is 2.40. The number of Topliss-reactive ketones (excluding diaryl/α,β-unsaturated/α-hetero) is 1. The van der Waals surface area contributed by atoms with Gasteiger partial charge in [-0.15, -0.1) is 0 Å². The molecule has 1 atom stereocenters. The Bertz CT molecular complexity index is 435. The Morgan fingerprint density at radius 2 is 2.19 bits per heavy atom. The van der Waals surface area contributed by atoms with Crippen LogP contribution < -0.4 is 4.74 Å². The van der Waals surface area contributed by atoms with Gasteiger partial charge in [0.15, 0.2) is 5.78 Å². The highest BCUT2D eigenvalue weighted by molar-refractivity contribution is 5.94. The zero-order chi connectivity index (χ0) is 11.9. The van der Waals surface area contributed by atoms with Gasteiger partial charge >= 0.3 is 0 Å². The van der Waals surface area contributed by atoms with Crippen molar-refractivity contribution in [1.82, 2.24) is 0 Å². The molecule has 0 spiro atoms. The summed E-state index contributed by atoms with van der Waals surface area (Å²) in [5.74, 6) is 0.794. The molecule has 86 valence electrons. The molecule has 0 bridgehead atoms. The second-order valence-electron chi connectivity index (χ2n) is 4.80. The molecule has 0 radical (unpaired) electrons. The SMILES string of the molecule is CC(=O)c1ccc2c(c1)CC(O)C(C)(C)O2. The molecule has 1 aromatic carbocycles. The molecule has 1 unspecified atom stereocenters. The Labute approximate surface area is 95.0 Å². The number of aliphatic hydroxyl groups is 1. The first-order chi connectivity index (χ1) is 7.40. The first-order valence-electron chi connectivity index (χ1n) is 5.41. The van der Waals surface area contributed by atoms with E-state index in [4.69, 9.17) is 4.74 Å². The smallest absolute Gasteiger partial charge is 0.159 e. The number of aliphatic hydroxyl groups excluding tert-OH is 1. The topological polar surface area (TPSA) is 46.5 Å². The Morgan fingerprint density at radius 1 is 1.50 bits per heavy atom. The van der Waals surface area contributed by atoms with Crippen LogP contribution in [0.1, 0.15) is 36.7 Å². The van der Waals surface area contributed by atoms with Gasteiger partial charge in [-0.2, -0.15) is 0 Å². The highest BCUT2D eigenvalue weighted by atomic mass is 16.5. The van der Waals surface area contributed by atoms with E-state index in [1.54, 1.807) is 18.2 Å². The average molecular weight is 220 g/mol. The number of hydrogen-bond acceptors (Lipinski definition) is 3. The van der Waals surface area contributed by atoms with Crippen LogP contribution in [0.25, 0.3) is 0 Å². The molecule has 1 aliphatic rings. The summed E-state index contributed by atoms with van der Waals surface area (Å²) in [5, 5.41) is 9.90. The molecule has 1 N–H and O–H groups in total. The Morgan fingerprint density at radius 3 is 2.81 bits per heavy atom. The second kappa shape index (κ2) is 3.59. The first-order valence-corrected chi connectivity index (χ1v) is 5.41. The van der Waals surface area contributed by atoms with Crippen LogP contribution in [0.2, 0.25) is 0 Å². The zero-order valence-electron chi connectivity index (χ0n) is 9.78. The lowest BCUT2D eigenvalue weighted by Crippen LogP contribution is -2.46. The molecule has 3 heteroatoms. The highest BCUT2D eigenvalue weighted by Crippen LogP contribution is 2.33. The molecule has 0 amide bonds. The van der Waals surface area contributed by atoms with E-state index >= 15 is 0 Å². The normalized spacial score (nSPS) is 22.1. The van der Waals surface area contributed by atoms with Crippen LogP contribution in [0.15, 0.2) is 18.2 Å². The van der Waals surface area contributed by atoms with E-state index in [-0.39, 0.29) is 5.78 Å². The van der Waals surface area contributed by atoms with Crippen LogP contribution in [-0.4, -0.2) is 22.6 Å². The molecule has 0 saturated heterocycles.